The molecule has 0 unspecified atom stereocenters. The minimum Gasteiger partial charge on any atom is -0.393 e. The van der Waals surface area contributed by atoms with E-state index in [1.54, 1.807) is 18.7 Å². The minimum absolute atomic E-state index is 0.0594. The van der Waals surface area contributed by atoms with Crippen LogP contribution in [0, 0.1) is 12.8 Å². The highest BCUT2D eigenvalue weighted by Gasteiger charge is 2.42. The summed E-state index contributed by atoms with van der Waals surface area (Å²) in [4.78, 5) is 0.247. The summed E-state index contributed by atoms with van der Waals surface area (Å²) < 4.78 is 34.9. The zero-order valence-corrected chi connectivity index (χ0v) is 14.5. The molecule has 1 aromatic rings. The maximum absolute atomic E-state index is 13.1. The standard InChI is InChI=1S/C15H25N3O4S/c1-11-15(9-16-17(11)2)23(20,21)18-7-8-22-10-13(18)12-5-3-4-6-14(12)19/h9,12-14,19H,3-8,10H2,1-2H3/t12-,13+,14+/m0/s1. The van der Waals surface area contributed by atoms with Crippen LogP contribution in [0.15, 0.2) is 11.1 Å². The molecule has 23 heavy (non-hydrogen) atoms. The van der Waals surface area contributed by atoms with Crippen LogP contribution in [0.4, 0.5) is 0 Å². The van der Waals surface area contributed by atoms with Crippen LogP contribution >= 0.6 is 0 Å². The van der Waals surface area contributed by atoms with Crippen molar-refractivity contribution in [3.63, 3.8) is 0 Å². The van der Waals surface area contributed by atoms with Gasteiger partial charge < -0.3 is 9.84 Å². The number of ether oxygens (including phenoxy) is 1. The predicted octanol–water partition coefficient (Wildman–Crippen LogP) is 0.669. The third-order valence-electron chi connectivity index (χ3n) is 5.17. The zero-order chi connectivity index (χ0) is 16.6. The van der Waals surface area contributed by atoms with E-state index in [9.17, 15) is 13.5 Å². The first-order valence-electron chi connectivity index (χ1n) is 8.19. The van der Waals surface area contributed by atoms with Gasteiger partial charge in [0.2, 0.25) is 10.0 Å². The number of morpholine rings is 1. The summed E-state index contributed by atoms with van der Waals surface area (Å²) in [7, 11) is -1.90. The molecule has 3 atom stereocenters. The summed E-state index contributed by atoms with van der Waals surface area (Å²) >= 11 is 0. The lowest BCUT2D eigenvalue weighted by atomic mass is 9.81. The third-order valence-corrected chi connectivity index (χ3v) is 7.19. The molecule has 2 aliphatic rings. The van der Waals surface area contributed by atoms with E-state index >= 15 is 0 Å². The first-order chi connectivity index (χ1) is 10.9. The van der Waals surface area contributed by atoms with E-state index < -0.39 is 16.1 Å². The maximum Gasteiger partial charge on any atom is 0.246 e. The Morgan fingerprint density at radius 3 is 2.74 bits per heavy atom. The molecule has 0 amide bonds. The molecule has 1 aliphatic heterocycles. The number of hydrogen-bond donors (Lipinski definition) is 1. The van der Waals surface area contributed by atoms with Crippen LogP contribution in [-0.4, -0.2) is 59.5 Å². The Bertz CT molecular complexity index is 658. The SMILES string of the molecule is Cc1c(S(=O)(=O)N2CCOC[C@@H]2[C@@H]2CCCC[C@H]2O)cnn1C. The molecule has 0 spiro atoms. The van der Waals surface area contributed by atoms with Crippen LogP contribution in [-0.2, 0) is 21.8 Å². The number of nitrogens with zero attached hydrogens (tertiary/aromatic N) is 3. The third kappa shape index (κ3) is 3.05. The largest absolute Gasteiger partial charge is 0.393 e. The molecule has 2 fully saturated rings. The van der Waals surface area contributed by atoms with Gasteiger partial charge in [0.1, 0.15) is 4.90 Å². The van der Waals surface area contributed by atoms with Crippen molar-refractivity contribution in [3.05, 3.63) is 11.9 Å². The van der Waals surface area contributed by atoms with Crippen LogP contribution in [0.3, 0.4) is 0 Å². The zero-order valence-electron chi connectivity index (χ0n) is 13.7. The second-order valence-electron chi connectivity index (χ2n) is 6.49. The Morgan fingerprint density at radius 1 is 1.35 bits per heavy atom. The topological polar surface area (TPSA) is 84.7 Å². The van der Waals surface area contributed by atoms with Crippen molar-refractivity contribution in [2.24, 2.45) is 13.0 Å². The maximum atomic E-state index is 13.1. The van der Waals surface area contributed by atoms with Crippen LogP contribution in [0.25, 0.3) is 0 Å². The highest BCUT2D eigenvalue weighted by Crippen LogP contribution is 2.34. The first-order valence-corrected chi connectivity index (χ1v) is 9.63. The van der Waals surface area contributed by atoms with Crippen LogP contribution < -0.4 is 0 Å². The van der Waals surface area contributed by atoms with Gasteiger partial charge in [-0.15, -0.1) is 0 Å². The number of aliphatic hydroxyl groups excluding tert-OH is 1. The Hall–Kier alpha value is -0.960. The van der Waals surface area contributed by atoms with Crippen LogP contribution in [0.1, 0.15) is 31.4 Å². The van der Waals surface area contributed by atoms with E-state index in [2.05, 4.69) is 5.10 Å². The normalized spacial score (nSPS) is 30.5. The second kappa shape index (κ2) is 6.51. The molecule has 1 aromatic heterocycles. The van der Waals surface area contributed by atoms with Gasteiger partial charge >= 0.3 is 0 Å². The molecule has 0 bridgehead atoms. The number of sulfonamides is 1. The number of aromatic nitrogens is 2. The molecule has 130 valence electrons. The molecular weight excluding hydrogens is 318 g/mol. The van der Waals surface area contributed by atoms with E-state index in [4.69, 9.17) is 4.74 Å². The van der Waals surface area contributed by atoms with Gasteiger partial charge in [0.15, 0.2) is 0 Å². The molecule has 7 nitrogen and oxygen atoms in total. The van der Waals surface area contributed by atoms with Crippen molar-refractivity contribution in [1.29, 1.82) is 0 Å². The Labute approximate surface area is 137 Å². The van der Waals surface area contributed by atoms with Gasteiger partial charge in [-0.05, 0) is 19.8 Å². The molecular formula is C15H25N3O4S. The lowest BCUT2D eigenvalue weighted by Crippen LogP contribution is -2.55. The molecule has 1 saturated carbocycles. The van der Waals surface area contributed by atoms with Crippen molar-refractivity contribution in [2.75, 3.05) is 19.8 Å². The fraction of sp³-hybridized carbons (Fsp3) is 0.800. The number of rotatable bonds is 3. The average Bonchev–Trinajstić information content (AvgIpc) is 2.88. The van der Waals surface area contributed by atoms with E-state index in [1.165, 1.54) is 10.5 Å². The van der Waals surface area contributed by atoms with Gasteiger partial charge in [0, 0.05) is 19.5 Å². The van der Waals surface area contributed by atoms with Crippen molar-refractivity contribution in [1.82, 2.24) is 14.1 Å². The summed E-state index contributed by atoms with van der Waals surface area (Å²) in [6.45, 7) is 2.81. The molecule has 1 aliphatic carbocycles. The molecule has 1 N–H and O–H groups in total. The minimum atomic E-state index is -3.63. The van der Waals surface area contributed by atoms with E-state index in [-0.39, 0.29) is 16.9 Å². The average molecular weight is 343 g/mol. The van der Waals surface area contributed by atoms with Gasteiger partial charge in [-0.25, -0.2) is 8.42 Å². The van der Waals surface area contributed by atoms with Crippen molar-refractivity contribution < 1.29 is 18.3 Å². The lowest BCUT2D eigenvalue weighted by molar-refractivity contribution is -0.0379. The van der Waals surface area contributed by atoms with E-state index in [1.807, 2.05) is 0 Å². The first kappa shape index (κ1) is 16.9. The number of aryl methyl sites for hydroxylation is 1. The van der Waals surface area contributed by atoms with Crippen molar-refractivity contribution in [3.8, 4) is 0 Å². The number of aliphatic hydroxyl groups is 1. The van der Waals surface area contributed by atoms with Crippen LogP contribution in [0.2, 0.25) is 0 Å². The van der Waals surface area contributed by atoms with Gasteiger partial charge in [0.05, 0.1) is 37.3 Å². The summed E-state index contributed by atoms with van der Waals surface area (Å²) in [6.07, 6.45) is 4.56. The quantitative estimate of drug-likeness (QED) is 0.872. The summed E-state index contributed by atoms with van der Waals surface area (Å²) in [5, 5.41) is 14.4. The molecule has 1 saturated heterocycles. The fourth-order valence-corrected chi connectivity index (χ4v) is 5.52. The molecule has 3 rings (SSSR count). The smallest absolute Gasteiger partial charge is 0.246 e. The number of hydrogen-bond acceptors (Lipinski definition) is 5. The van der Waals surface area contributed by atoms with E-state index in [0.717, 1.165) is 25.7 Å². The highest BCUT2D eigenvalue weighted by molar-refractivity contribution is 7.89. The fourth-order valence-electron chi connectivity index (χ4n) is 3.69. The van der Waals surface area contributed by atoms with Gasteiger partial charge in [-0.1, -0.05) is 12.8 Å². The van der Waals surface area contributed by atoms with Gasteiger partial charge in [0.25, 0.3) is 0 Å². The molecule has 8 heteroatoms. The Kier molecular flexibility index (Phi) is 4.78. The Balaban J connectivity index is 1.93. The second-order valence-corrected chi connectivity index (χ2v) is 8.35. The van der Waals surface area contributed by atoms with Crippen LogP contribution in [0.5, 0.6) is 0 Å². The van der Waals surface area contributed by atoms with Crippen molar-refractivity contribution >= 4 is 10.0 Å². The van der Waals surface area contributed by atoms with E-state index in [0.29, 0.717) is 25.5 Å². The van der Waals surface area contributed by atoms with Crippen molar-refractivity contribution in [2.45, 2.75) is 49.6 Å². The lowest BCUT2D eigenvalue weighted by Gasteiger charge is -2.42. The summed E-state index contributed by atoms with van der Waals surface area (Å²) in [5.41, 5.74) is 0.624. The molecule has 0 aromatic carbocycles. The summed E-state index contributed by atoms with van der Waals surface area (Å²) in [6, 6.07) is -0.302. The predicted molar refractivity (Wildman–Crippen MR) is 84.4 cm³/mol. The van der Waals surface area contributed by atoms with Gasteiger partial charge in [-0.2, -0.15) is 9.40 Å². The monoisotopic (exact) mass is 343 g/mol. The Morgan fingerprint density at radius 2 is 2.09 bits per heavy atom. The highest BCUT2D eigenvalue weighted by atomic mass is 32.2. The molecule has 2 heterocycles. The van der Waals surface area contributed by atoms with Gasteiger partial charge in [-0.3, -0.25) is 4.68 Å². The molecule has 0 radical (unpaired) electrons. The summed E-state index contributed by atoms with van der Waals surface area (Å²) in [5.74, 6) is -0.0594.